The smallest absolute Gasteiger partial charge is 0.161 e. The summed E-state index contributed by atoms with van der Waals surface area (Å²) >= 11 is 0. The molecule has 0 fully saturated rings. The lowest BCUT2D eigenvalue weighted by Gasteiger charge is -2.14. The summed E-state index contributed by atoms with van der Waals surface area (Å²) in [5.74, 6) is 0.681. The fourth-order valence-electron chi connectivity index (χ4n) is 6.87. The SMILES string of the molecule is c1ccc(-c2cc(-c3cccnc3)nc(-c3ccccc3-c3cccc(-c4ccc5c6ccccc6c6ccccc6c5c4)c3)n2)cc1. The molecular weight excluding hydrogens is 583 g/mol. The van der Waals surface area contributed by atoms with Gasteiger partial charge in [-0.15, -0.1) is 0 Å². The highest BCUT2D eigenvalue weighted by Crippen LogP contribution is 2.39. The van der Waals surface area contributed by atoms with E-state index in [9.17, 15) is 0 Å². The largest absolute Gasteiger partial charge is 0.264 e. The van der Waals surface area contributed by atoms with E-state index >= 15 is 0 Å². The minimum atomic E-state index is 0.681. The van der Waals surface area contributed by atoms with Crippen LogP contribution in [0, 0.1) is 0 Å². The summed E-state index contributed by atoms with van der Waals surface area (Å²) in [4.78, 5) is 14.6. The van der Waals surface area contributed by atoms with Gasteiger partial charge < -0.3 is 0 Å². The van der Waals surface area contributed by atoms with Gasteiger partial charge in [-0.05, 0) is 84.9 Å². The van der Waals surface area contributed by atoms with E-state index in [1.807, 2.05) is 42.6 Å². The molecule has 2 aromatic heterocycles. The zero-order valence-electron chi connectivity index (χ0n) is 26.1. The van der Waals surface area contributed by atoms with Gasteiger partial charge in [-0.3, -0.25) is 4.98 Å². The number of benzene rings is 7. The second-order valence-corrected chi connectivity index (χ2v) is 12.0. The third-order valence-electron chi connectivity index (χ3n) is 9.17. The molecule has 224 valence electrons. The molecule has 0 atom stereocenters. The summed E-state index contributed by atoms with van der Waals surface area (Å²) in [7, 11) is 0. The molecular formula is C45H29N3. The van der Waals surface area contributed by atoms with Crippen LogP contribution < -0.4 is 0 Å². The van der Waals surface area contributed by atoms with Crippen LogP contribution in [0.15, 0.2) is 176 Å². The Labute approximate surface area is 278 Å². The lowest BCUT2D eigenvalue weighted by atomic mass is 9.91. The van der Waals surface area contributed by atoms with Crippen molar-refractivity contribution in [1.29, 1.82) is 0 Å². The summed E-state index contributed by atoms with van der Waals surface area (Å²) in [6.45, 7) is 0. The molecule has 0 aliphatic carbocycles. The van der Waals surface area contributed by atoms with Gasteiger partial charge in [-0.2, -0.15) is 0 Å². The molecule has 9 rings (SSSR count). The Kier molecular flexibility index (Phi) is 6.80. The molecule has 0 N–H and O–H groups in total. The van der Waals surface area contributed by atoms with E-state index in [0.29, 0.717) is 5.82 Å². The molecule has 0 aliphatic heterocycles. The molecule has 3 nitrogen and oxygen atoms in total. The number of nitrogens with zero attached hydrogens (tertiary/aromatic N) is 3. The third kappa shape index (κ3) is 4.90. The van der Waals surface area contributed by atoms with Crippen LogP contribution >= 0.6 is 0 Å². The maximum atomic E-state index is 5.12. The lowest BCUT2D eigenvalue weighted by molar-refractivity contribution is 1.18. The maximum Gasteiger partial charge on any atom is 0.161 e. The van der Waals surface area contributed by atoms with Crippen molar-refractivity contribution in [1.82, 2.24) is 15.0 Å². The van der Waals surface area contributed by atoms with E-state index in [4.69, 9.17) is 9.97 Å². The van der Waals surface area contributed by atoms with Crippen LogP contribution in [0.25, 0.3) is 88.5 Å². The number of hydrogen-bond acceptors (Lipinski definition) is 3. The predicted molar refractivity (Wildman–Crippen MR) is 200 cm³/mol. The maximum absolute atomic E-state index is 5.12. The monoisotopic (exact) mass is 611 g/mol. The first-order valence-corrected chi connectivity index (χ1v) is 16.2. The fraction of sp³-hybridized carbons (Fsp3) is 0. The Morgan fingerprint density at radius 3 is 1.56 bits per heavy atom. The molecule has 0 saturated carbocycles. The minimum Gasteiger partial charge on any atom is -0.264 e. The number of pyridine rings is 1. The zero-order valence-corrected chi connectivity index (χ0v) is 26.1. The van der Waals surface area contributed by atoms with Crippen LogP contribution in [0.1, 0.15) is 0 Å². The summed E-state index contributed by atoms with van der Waals surface area (Å²) in [5.41, 5.74) is 9.23. The van der Waals surface area contributed by atoms with Crippen LogP contribution in [0.4, 0.5) is 0 Å². The van der Waals surface area contributed by atoms with Crippen molar-refractivity contribution in [3.63, 3.8) is 0 Å². The standard InChI is InChI=1S/C45H29N3/c1-2-12-30(13-3-1)43-28-44(34-16-11-25-46-29-34)48-45(47-43)41-22-9-4-17-35(41)33-15-10-14-31(26-33)32-23-24-40-38-20-6-5-18-36(38)37-19-7-8-21-39(37)42(40)27-32/h1-29H. The molecule has 9 aromatic rings. The predicted octanol–water partition coefficient (Wildman–Crippen LogP) is 11.7. The quantitative estimate of drug-likeness (QED) is 0.182. The van der Waals surface area contributed by atoms with E-state index in [1.165, 1.54) is 37.9 Å². The molecule has 0 amide bonds. The number of rotatable bonds is 5. The average Bonchev–Trinajstić information content (AvgIpc) is 3.18. The first-order chi connectivity index (χ1) is 23.8. The number of aromatic nitrogens is 3. The highest BCUT2D eigenvalue weighted by atomic mass is 14.9. The van der Waals surface area contributed by atoms with E-state index in [1.54, 1.807) is 6.20 Å². The van der Waals surface area contributed by atoms with Crippen LogP contribution in [0.3, 0.4) is 0 Å². The summed E-state index contributed by atoms with van der Waals surface area (Å²) < 4.78 is 0. The van der Waals surface area contributed by atoms with Gasteiger partial charge in [0.2, 0.25) is 0 Å². The number of fused-ring (bicyclic) bond motifs is 6. The summed E-state index contributed by atoms with van der Waals surface area (Å²) in [6, 6.07) is 57.9. The van der Waals surface area contributed by atoms with E-state index in [2.05, 4.69) is 132 Å². The minimum absolute atomic E-state index is 0.681. The number of hydrogen-bond donors (Lipinski definition) is 0. The molecule has 0 radical (unpaired) electrons. The van der Waals surface area contributed by atoms with Gasteiger partial charge in [0.1, 0.15) is 0 Å². The van der Waals surface area contributed by atoms with Crippen molar-refractivity contribution in [2.45, 2.75) is 0 Å². The van der Waals surface area contributed by atoms with E-state index in [-0.39, 0.29) is 0 Å². The first kappa shape index (κ1) is 27.8. The Morgan fingerprint density at radius 2 is 0.854 bits per heavy atom. The van der Waals surface area contributed by atoms with Gasteiger partial charge >= 0.3 is 0 Å². The van der Waals surface area contributed by atoms with E-state index < -0.39 is 0 Å². The Bertz CT molecular complexity index is 2520. The van der Waals surface area contributed by atoms with Crippen molar-refractivity contribution >= 4 is 32.3 Å². The Hall–Kier alpha value is -6.45. The fourth-order valence-corrected chi connectivity index (χ4v) is 6.87. The Balaban J connectivity index is 1.19. The molecule has 48 heavy (non-hydrogen) atoms. The molecule has 0 aliphatic rings. The van der Waals surface area contributed by atoms with Gasteiger partial charge in [0.05, 0.1) is 11.4 Å². The van der Waals surface area contributed by atoms with Gasteiger partial charge in [-0.1, -0.05) is 133 Å². The highest BCUT2D eigenvalue weighted by molar-refractivity contribution is 6.25. The van der Waals surface area contributed by atoms with Crippen molar-refractivity contribution in [3.8, 4) is 56.2 Å². The first-order valence-electron chi connectivity index (χ1n) is 16.2. The van der Waals surface area contributed by atoms with Crippen molar-refractivity contribution in [2.75, 3.05) is 0 Å². The van der Waals surface area contributed by atoms with Gasteiger partial charge in [-0.25, -0.2) is 9.97 Å². The topological polar surface area (TPSA) is 38.7 Å². The van der Waals surface area contributed by atoms with Crippen molar-refractivity contribution < 1.29 is 0 Å². The van der Waals surface area contributed by atoms with Crippen LogP contribution in [-0.4, -0.2) is 15.0 Å². The molecule has 3 heteroatoms. The van der Waals surface area contributed by atoms with Gasteiger partial charge in [0.25, 0.3) is 0 Å². The highest BCUT2D eigenvalue weighted by Gasteiger charge is 2.16. The third-order valence-corrected chi connectivity index (χ3v) is 9.17. The Morgan fingerprint density at radius 1 is 0.312 bits per heavy atom. The molecule has 7 aromatic carbocycles. The zero-order chi connectivity index (χ0) is 31.9. The summed E-state index contributed by atoms with van der Waals surface area (Å²) in [5, 5.41) is 7.66. The molecule has 2 heterocycles. The second kappa shape index (κ2) is 11.7. The van der Waals surface area contributed by atoms with Gasteiger partial charge in [0, 0.05) is 29.1 Å². The average molecular weight is 612 g/mol. The molecule has 0 unspecified atom stereocenters. The molecule has 0 saturated heterocycles. The molecule has 0 bridgehead atoms. The normalized spacial score (nSPS) is 11.3. The van der Waals surface area contributed by atoms with Crippen LogP contribution in [0.2, 0.25) is 0 Å². The van der Waals surface area contributed by atoms with Gasteiger partial charge in [0.15, 0.2) is 5.82 Å². The lowest BCUT2D eigenvalue weighted by Crippen LogP contribution is -1.97. The second-order valence-electron chi connectivity index (χ2n) is 12.0. The van der Waals surface area contributed by atoms with Crippen LogP contribution in [0.5, 0.6) is 0 Å². The van der Waals surface area contributed by atoms with E-state index in [0.717, 1.165) is 44.8 Å². The van der Waals surface area contributed by atoms with Crippen molar-refractivity contribution in [3.05, 3.63) is 176 Å². The summed E-state index contributed by atoms with van der Waals surface area (Å²) in [6.07, 6.45) is 3.64. The van der Waals surface area contributed by atoms with Crippen molar-refractivity contribution in [2.24, 2.45) is 0 Å². The van der Waals surface area contributed by atoms with Crippen LogP contribution in [-0.2, 0) is 0 Å². The molecule has 0 spiro atoms.